The Bertz CT molecular complexity index is 1360. The summed E-state index contributed by atoms with van der Waals surface area (Å²) in [4.78, 5) is 40.8. The molecule has 1 aromatic carbocycles. The summed E-state index contributed by atoms with van der Waals surface area (Å²) in [6.45, 7) is 4.33. The Labute approximate surface area is 229 Å². The van der Waals surface area contributed by atoms with Gasteiger partial charge in [0.15, 0.2) is 0 Å². The van der Waals surface area contributed by atoms with Crippen molar-refractivity contribution >= 4 is 23.3 Å². The molecule has 1 saturated carbocycles. The lowest BCUT2D eigenvalue weighted by Crippen LogP contribution is -2.50. The number of amides is 2. The third-order valence-corrected chi connectivity index (χ3v) is 8.35. The van der Waals surface area contributed by atoms with Gasteiger partial charge in [-0.1, -0.05) is 18.2 Å². The van der Waals surface area contributed by atoms with Crippen LogP contribution in [0.1, 0.15) is 42.7 Å². The largest absolute Gasteiger partial charge is 0.453 e. The summed E-state index contributed by atoms with van der Waals surface area (Å²) in [6.07, 6.45) is 2.41. The highest BCUT2D eigenvalue weighted by molar-refractivity contribution is 7.15. The first-order valence-corrected chi connectivity index (χ1v) is 14.0. The molecule has 11 nitrogen and oxygen atoms in total. The first-order chi connectivity index (χ1) is 19.0. The Balaban J connectivity index is 1.47. The summed E-state index contributed by atoms with van der Waals surface area (Å²) in [5, 5.41) is 12.4. The number of rotatable bonds is 10. The third-order valence-electron chi connectivity index (χ3n) is 6.97. The summed E-state index contributed by atoms with van der Waals surface area (Å²) >= 11 is 1.62. The number of hydrogen-bond donors (Lipinski definition) is 3. The second-order valence-electron chi connectivity index (χ2n) is 9.71. The number of methoxy groups -OCH3 is 1. The second-order valence-corrected chi connectivity index (χ2v) is 10.8. The fraction of sp³-hybridized carbons (Fsp3) is 0.481. The van der Waals surface area contributed by atoms with Crippen LogP contribution >= 0.6 is 11.3 Å². The van der Waals surface area contributed by atoms with Gasteiger partial charge in [-0.3, -0.25) is 4.79 Å². The van der Waals surface area contributed by atoms with Gasteiger partial charge in [0.2, 0.25) is 5.89 Å². The van der Waals surface area contributed by atoms with Crippen molar-refractivity contribution in [2.24, 2.45) is 0 Å². The number of aryl methyl sites for hydroxylation is 1. The standard InChI is InChI=1S/C27H33N5O6S/c1-16(32(18-9-10-18)25(33)21-15-28-12-13-37-21)22-14-17(6-5-11-29-26(34)36-2)23(39-22)19-7-3-4-8-20(19)24-30-31-27(35)38-24/h3-4,7-8,14,16,18,21,28H,5-6,9-13,15H2,1-2H3,(H,29,34)(H,31,35)/t16-,21-/m1/s1. The number of nitrogens with one attached hydrogen (secondary N) is 3. The molecule has 1 saturated heterocycles. The van der Waals surface area contributed by atoms with Crippen LogP contribution in [0.15, 0.2) is 39.5 Å². The van der Waals surface area contributed by atoms with E-state index in [4.69, 9.17) is 9.15 Å². The number of hydrogen-bond acceptors (Lipinski definition) is 9. The van der Waals surface area contributed by atoms with Crippen molar-refractivity contribution in [3.63, 3.8) is 0 Å². The summed E-state index contributed by atoms with van der Waals surface area (Å²) in [6, 6.07) is 9.87. The van der Waals surface area contributed by atoms with E-state index in [9.17, 15) is 14.4 Å². The molecule has 208 valence electrons. The van der Waals surface area contributed by atoms with Crippen LogP contribution in [0.5, 0.6) is 0 Å². The van der Waals surface area contributed by atoms with Crippen molar-refractivity contribution in [1.29, 1.82) is 0 Å². The molecule has 1 aliphatic carbocycles. The number of morpholine rings is 1. The SMILES string of the molecule is COC(=O)NCCCc1cc([C@@H](C)N(C(=O)[C@H]2CNCCO2)C2CC2)sc1-c1ccccc1-c1n[nH]c(=O)o1. The number of H-pyrrole nitrogens is 1. The van der Waals surface area contributed by atoms with E-state index in [1.807, 2.05) is 29.2 Å². The lowest BCUT2D eigenvalue weighted by atomic mass is 10.00. The fourth-order valence-electron chi connectivity index (χ4n) is 4.89. The Morgan fingerprint density at radius 3 is 2.74 bits per heavy atom. The summed E-state index contributed by atoms with van der Waals surface area (Å²) in [5.41, 5.74) is 2.66. The molecule has 2 aliphatic rings. The van der Waals surface area contributed by atoms with Crippen LogP contribution in [0, 0.1) is 0 Å². The predicted octanol–water partition coefficient (Wildman–Crippen LogP) is 3.09. The van der Waals surface area contributed by atoms with Gasteiger partial charge in [-0.2, -0.15) is 0 Å². The molecule has 3 N–H and O–H groups in total. The molecule has 0 bridgehead atoms. The third kappa shape index (κ3) is 6.23. The van der Waals surface area contributed by atoms with Gasteiger partial charge in [0.1, 0.15) is 6.10 Å². The number of benzene rings is 1. The van der Waals surface area contributed by atoms with E-state index in [1.54, 1.807) is 11.3 Å². The van der Waals surface area contributed by atoms with E-state index in [1.165, 1.54) is 7.11 Å². The second kappa shape index (κ2) is 12.1. The van der Waals surface area contributed by atoms with Crippen LogP contribution in [-0.4, -0.2) is 72.6 Å². The van der Waals surface area contributed by atoms with Gasteiger partial charge in [0, 0.05) is 46.6 Å². The molecular formula is C27H33N5O6S. The molecule has 2 fully saturated rings. The topological polar surface area (TPSA) is 139 Å². The van der Waals surface area contributed by atoms with Gasteiger partial charge >= 0.3 is 11.8 Å². The first-order valence-electron chi connectivity index (χ1n) is 13.2. The number of nitrogens with zero attached hydrogens (tertiary/aromatic N) is 2. The maximum absolute atomic E-state index is 13.6. The van der Waals surface area contributed by atoms with Gasteiger partial charge in [-0.25, -0.2) is 14.7 Å². The lowest BCUT2D eigenvalue weighted by Gasteiger charge is -2.33. The van der Waals surface area contributed by atoms with E-state index in [2.05, 4.69) is 38.6 Å². The minimum Gasteiger partial charge on any atom is -0.453 e. The molecule has 2 amide bonds. The molecule has 2 aromatic heterocycles. The Hall–Kier alpha value is -3.48. The van der Waals surface area contributed by atoms with Crippen LogP contribution < -0.4 is 16.4 Å². The summed E-state index contributed by atoms with van der Waals surface area (Å²) in [7, 11) is 1.34. The highest BCUT2D eigenvalue weighted by Gasteiger charge is 2.40. The highest BCUT2D eigenvalue weighted by atomic mass is 32.1. The molecule has 3 heterocycles. The van der Waals surface area contributed by atoms with E-state index >= 15 is 0 Å². The first kappa shape index (κ1) is 27.1. The lowest BCUT2D eigenvalue weighted by molar-refractivity contribution is -0.148. The number of ether oxygens (including phenoxy) is 2. The molecule has 2 atom stereocenters. The van der Waals surface area contributed by atoms with Crippen molar-refractivity contribution in [2.45, 2.75) is 50.8 Å². The van der Waals surface area contributed by atoms with Crippen molar-refractivity contribution < 1.29 is 23.5 Å². The number of aromatic amines is 1. The smallest absolute Gasteiger partial charge is 0.434 e. The number of carbonyl (C=O) groups is 2. The molecule has 0 spiro atoms. The molecular weight excluding hydrogens is 522 g/mol. The molecule has 0 unspecified atom stereocenters. The molecule has 3 aromatic rings. The molecule has 39 heavy (non-hydrogen) atoms. The number of thiophene rings is 1. The van der Waals surface area contributed by atoms with E-state index in [0.717, 1.165) is 40.3 Å². The average molecular weight is 556 g/mol. The monoisotopic (exact) mass is 555 g/mol. The Morgan fingerprint density at radius 1 is 1.28 bits per heavy atom. The van der Waals surface area contributed by atoms with Crippen LogP contribution in [0.25, 0.3) is 21.9 Å². The van der Waals surface area contributed by atoms with Crippen molar-refractivity contribution in [3.05, 3.63) is 51.3 Å². The van der Waals surface area contributed by atoms with Gasteiger partial charge < -0.3 is 29.4 Å². The van der Waals surface area contributed by atoms with Crippen molar-refractivity contribution in [1.82, 2.24) is 25.7 Å². The fourth-order valence-corrected chi connectivity index (χ4v) is 6.19. The quantitative estimate of drug-likeness (QED) is 0.325. The highest BCUT2D eigenvalue weighted by Crippen LogP contribution is 2.43. The van der Waals surface area contributed by atoms with Crippen LogP contribution in [0.3, 0.4) is 0 Å². The normalized spacial score (nSPS) is 17.9. The van der Waals surface area contributed by atoms with Crippen LogP contribution in [0.2, 0.25) is 0 Å². The van der Waals surface area contributed by atoms with E-state index in [0.29, 0.717) is 38.1 Å². The zero-order valence-electron chi connectivity index (χ0n) is 22.0. The van der Waals surface area contributed by atoms with Gasteiger partial charge in [-0.15, -0.1) is 16.4 Å². The average Bonchev–Trinajstić information content (AvgIpc) is 3.55. The predicted molar refractivity (Wildman–Crippen MR) is 145 cm³/mol. The maximum atomic E-state index is 13.6. The minimum absolute atomic E-state index is 0.0228. The summed E-state index contributed by atoms with van der Waals surface area (Å²) in [5.74, 6) is -0.379. The Morgan fingerprint density at radius 2 is 2.08 bits per heavy atom. The number of carbonyl (C=O) groups excluding carboxylic acids is 2. The van der Waals surface area contributed by atoms with Crippen LogP contribution in [0.4, 0.5) is 4.79 Å². The van der Waals surface area contributed by atoms with Gasteiger partial charge in [0.05, 0.1) is 19.8 Å². The zero-order chi connectivity index (χ0) is 27.4. The minimum atomic E-state index is -0.618. The van der Waals surface area contributed by atoms with Gasteiger partial charge in [-0.05, 0) is 50.3 Å². The van der Waals surface area contributed by atoms with Crippen molar-refractivity contribution in [2.75, 3.05) is 33.4 Å². The maximum Gasteiger partial charge on any atom is 0.434 e. The van der Waals surface area contributed by atoms with Crippen LogP contribution in [-0.2, 0) is 20.7 Å². The summed E-state index contributed by atoms with van der Waals surface area (Å²) < 4.78 is 15.8. The number of aromatic nitrogens is 2. The van der Waals surface area contributed by atoms with E-state index < -0.39 is 18.0 Å². The van der Waals surface area contributed by atoms with Crippen molar-refractivity contribution in [3.8, 4) is 21.9 Å². The number of alkyl carbamates (subject to hydrolysis) is 1. The molecule has 0 radical (unpaired) electrons. The Kier molecular flexibility index (Phi) is 8.44. The zero-order valence-corrected chi connectivity index (χ0v) is 22.8. The molecule has 5 rings (SSSR count). The molecule has 12 heteroatoms. The van der Waals surface area contributed by atoms with Gasteiger partial charge in [0.25, 0.3) is 5.91 Å². The van der Waals surface area contributed by atoms with E-state index in [-0.39, 0.29) is 23.9 Å². The molecule has 1 aliphatic heterocycles.